The Kier molecular flexibility index (Phi) is 5.36. The molecule has 27 heavy (non-hydrogen) atoms. The number of esters is 2. The average molecular weight is 386 g/mol. The minimum Gasteiger partial charge on any atom is -0.466 e. The van der Waals surface area contributed by atoms with Crippen LogP contribution < -0.4 is 14.9 Å². The first-order valence-electron chi connectivity index (χ1n) is 8.30. The molecule has 8 heteroatoms. The Labute approximate surface area is 158 Å². The molecule has 0 radical (unpaired) electrons. The molecule has 1 atom stereocenters. The topological polar surface area (TPSA) is 87.0 Å². The Morgan fingerprint density at radius 2 is 2.00 bits per heavy atom. The molecule has 1 aliphatic rings. The molecule has 0 bridgehead atoms. The van der Waals surface area contributed by atoms with Gasteiger partial charge in [0.05, 0.1) is 31.0 Å². The second kappa shape index (κ2) is 7.71. The van der Waals surface area contributed by atoms with Crippen LogP contribution in [0.1, 0.15) is 25.5 Å². The van der Waals surface area contributed by atoms with Gasteiger partial charge in [0, 0.05) is 6.08 Å². The summed E-state index contributed by atoms with van der Waals surface area (Å²) in [5.74, 6) is -1.15. The third kappa shape index (κ3) is 3.48. The number of nitrogens with zero attached hydrogens (tertiary/aromatic N) is 2. The number of hydrogen-bond donors (Lipinski definition) is 0. The van der Waals surface area contributed by atoms with Gasteiger partial charge in [-0.05, 0) is 19.4 Å². The summed E-state index contributed by atoms with van der Waals surface area (Å²) in [5, 5.41) is 0. The number of allylic oxidation sites excluding steroid dienone is 1. The van der Waals surface area contributed by atoms with Gasteiger partial charge in [0.2, 0.25) is 0 Å². The predicted octanol–water partition coefficient (Wildman–Crippen LogP) is 0.923. The van der Waals surface area contributed by atoms with E-state index in [4.69, 9.17) is 4.74 Å². The van der Waals surface area contributed by atoms with Crippen LogP contribution in [-0.4, -0.2) is 30.2 Å². The van der Waals surface area contributed by atoms with E-state index in [0.29, 0.717) is 16.1 Å². The van der Waals surface area contributed by atoms with Crippen molar-refractivity contribution in [3.63, 3.8) is 0 Å². The highest BCUT2D eigenvalue weighted by molar-refractivity contribution is 7.07. The molecule has 0 N–H and O–H groups in total. The summed E-state index contributed by atoms with van der Waals surface area (Å²) in [6.45, 7) is 3.64. The van der Waals surface area contributed by atoms with E-state index in [1.807, 2.05) is 30.3 Å². The van der Waals surface area contributed by atoms with Crippen molar-refractivity contribution in [2.45, 2.75) is 19.9 Å². The minimum atomic E-state index is -0.679. The Hall–Kier alpha value is -3.00. The summed E-state index contributed by atoms with van der Waals surface area (Å²) >= 11 is 1.08. The molecule has 0 saturated carbocycles. The van der Waals surface area contributed by atoms with Crippen molar-refractivity contribution < 1.29 is 19.1 Å². The fourth-order valence-electron chi connectivity index (χ4n) is 2.91. The van der Waals surface area contributed by atoms with Crippen molar-refractivity contribution >= 4 is 29.4 Å². The fourth-order valence-corrected chi connectivity index (χ4v) is 3.91. The SMILES string of the molecule is CCOC(=O)C1=C(C)N=c2s/c(=C\C(=O)OC)c(=O)n2[C@H]1c1ccccc1. The van der Waals surface area contributed by atoms with Crippen LogP contribution in [0, 0.1) is 0 Å². The molecule has 0 saturated heterocycles. The van der Waals surface area contributed by atoms with Crippen molar-refractivity contribution in [1.29, 1.82) is 0 Å². The molecule has 0 unspecified atom stereocenters. The van der Waals surface area contributed by atoms with E-state index in [2.05, 4.69) is 9.73 Å². The Bertz CT molecular complexity index is 1100. The number of aromatic nitrogens is 1. The number of methoxy groups -OCH3 is 1. The maximum atomic E-state index is 13.0. The van der Waals surface area contributed by atoms with E-state index < -0.39 is 23.5 Å². The van der Waals surface area contributed by atoms with Gasteiger partial charge in [0.25, 0.3) is 5.56 Å². The van der Waals surface area contributed by atoms with Gasteiger partial charge in [0.15, 0.2) is 4.80 Å². The molecule has 0 fully saturated rings. The Balaban J connectivity index is 2.30. The van der Waals surface area contributed by atoms with Crippen molar-refractivity contribution in [3.8, 4) is 0 Å². The minimum absolute atomic E-state index is 0.194. The third-order valence-corrected chi connectivity index (χ3v) is 5.07. The van der Waals surface area contributed by atoms with Crippen LogP contribution in [0.2, 0.25) is 0 Å². The standard InChI is InChI=1S/C19H18N2O5S/c1-4-26-18(24)15-11(2)20-19-21(16(15)12-8-6-5-7-9-12)17(23)13(27-19)10-14(22)25-3/h5-10,16H,4H2,1-3H3/b13-10-/t16-/m0/s1. The van der Waals surface area contributed by atoms with Crippen LogP contribution in [0.3, 0.4) is 0 Å². The summed E-state index contributed by atoms with van der Waals surface area (Å²) in [7, 11) is 1.24. The summed E-state index contributed by atoms with van der Waals surface area (Å²) in [5.41, 5.74) is 1.13. The van der Waals surface area contributed by atoms with Crippen molar-refractivity contribution in [2.24, 2.45) is 4.99 Å². The quantitative estimate of drug-likeness (QED) is 0.730. The molecule has 0 spiro atoms. The molecule has 2 aromatic rings. The van der Waals surface area contributed by atoms with E-state index in [9.17, 15) is 14.4 Å². The predicted molar refractivity (Wildman–Crippen MR) is 99.8 cm³/mol. The molecule has 140 valence electrons. The second-order valence-electron chi connectivity index (χ2n) is 5.74. The molecule has 3 rings (SSSR count). The molecule has 1 aliphatic heterocycles. The lowest BCUT2D eigenvalue weighted by molar-refractivity contribution is -0.139. The van der Waals surface area contributed by atoms with Crippen LogP contribution >= 0.6 is 11.3 Å². The van der Waals surface area contributed by atoms with E-state index in [0.717, 1.165) is 23.0 Å². The number of fused-ring (bicyclic) bond motifs is 1. The number of benzene rings is 1. The highest BCUT2D eigenvalue weighted by Gasteiger charge is 2.33. The molecule has 2 heterocycles. The van der Waals surface area contributed by atoms with Gasteiger partial charge in [-0.3, -0.25) is 9.36 Å². The molecule has 0 amide bonds. The lowest BCUT2D eigenvalue weighted by Crippen LogP contribution is -2.40. The third-order valence-electron chi connectivity index (χ3n) is 4.08. The zero-order chi connectivity index (χ0) is 19.6. The maximum Gasteiger partial charge on any atom is 0.338 e. The van der Waals surface area contributed by atoms with E-state index >= 15 is 0 Å². The zero-order valence-electron chi connectivity index (χ0n) is 15.1. The summed E-state index contributed by atoms with van der Waals surface area (Å²) < 4.78 is 11.4. The monoisotopic (exact) mass is 386 g/mol. The van der Waals surface area contributed by atoms with Crippen molar-refractivity contribution in [3.05, 3.63) is 66.9 Å². The number of hydrogen-bond acceptors (Lipinski definition) is 7. The number of rotatable bonds is 4. The molecule has 7 nitrogen and oxygen atoms in total. The van der Waals surface area contributed by atoms with Crippen LogP contribution in [-0.2, 0) is 19.1 Å². The zero-order valence-corrected chi connectivity index (χ0v) is 15.9. The van der Waals surface area contributed by atoms with Gasteiger partial charge in [0.1, 0.15) is 4.53 Å². The highest BCUT2D eigenvalue weighted by atomic mass is 32.1. The van der Waals surface area contributed by atoms with Crippen LogP contribution in [0.15, 0.2) is 51.4 Å². The number of carbonyl (C=O) groups excluding carboxylic acids is 2. The summed E-state index contributed by atoms with van der Waals surface area (Å²) in [6, 6.07) is 8.50. The van der Waals surface area contributed by atoms with Gasteiger partial charge in [-0.2, -0.15) is 0 Å². The first kappa shape index (κ1) is 18.8. The van der Waals surface area contributed by atoms with Crippen molar-refractivity contribution in [2.75, 3.05) is 13.7 Å². The van der Waals surface area contributed by atoms with Crippen LogP contribution in [0.4, 0.5) is 0 Å². The molecule has 0 aliphatic carbocycles. The van der Waals surface area contributed by atoms with E-state index in [1.54, 1.807) is 13.8 Å². The second-order valence-corrected chi connectivity index (χ2v) is 6.75. The number of thiazole rings is 1. The molecule has 1 aromatic carbocycles. The number of carbonyl (C=O) groups is 2. The average Bonchev–Trinajstić information content (AvgIpc) is 2.96. The van der Waals surface area contributed by atoms with E-state index in [-0.39, 0.29) is 11.1 Å². The van der Waals surface area contributed by atoms with Crippen LogP contribution in [0.5, 0.6) is 0 Å². The number of ether oxygens (including phenoxy) is 2. The Morgan fingerprint density at radius 1 is 1.30 bits per heavy atom. The smallest absolute Gasteiger partial charge is 0.338 e. The lowest BCUT2D eigenvalue weighted by atomic mass is 9.96. The first-order valence-corrected chi connectivity index (χ1v) is 9.12. The molecular formula is C19H18N2O5S. The van der Waals surface area contributed by atoms with Crippen LogP contribution in [0.25, 0.3) is 6.08 Å². The lowest BCUT2D eigenvalue weighted by Gasteiger charge is -2.24. The summed E-state index contributed by atoms with van der Waals surface area (Å²) in [6.07, 6.45) is 1.13. The first-order chi connectivity index (χ1) is 13.0. The normalized spacial score (nSPS) is 16.6. The highest BCUT2D eigenvalue weighted by Crippen LogP contribution is 2.30. The fraction of sp³-hybridized carbons (Fsp3) is 0.263. The van der Waals surface area contributed by atoms with Gasteiger partial charge >= 0.3 is 11.9 Å². The maximum absolute atomic E-state index is 13.0. The largest absolute Gasteiger partial charge is 0.466 e. The van der Waals surface area contributed by atoms with Gasteiger partial charge in [-0.1, -0.05) is 41.7 Å². The van der Waals surface area contributed by atoms with Gasteiger partial charge < -0.3 is 9.47 Å². The molecular weight excluding hydrogens is 368 g/mol. The van der Waals surface area contributed by atoms with E-state index in [1.165, 1.54) is 11.7 Å². The van der Waals surface area contributed by atoms with Gasteiger partial charge in [-0.15, -0.1) is 0 Å². The summed E-state index contributed by atoms with van der Waals surface area (Å²) in [4.78, 5) is 42.0. The van der Waals surface area contributed by atoms with Crippen molar-refractivity contribution in [1.82, 2.24) is 4.57 Å². The molecule has 1 aromatic heterocycles. The Morgan fingerprint density at radius 3 is 2.63 bits per heavy atom. The van der Waals surface area contributed by atoms with Gasteiger partial charge in [-0.25, -0.2) is 14.6 Å².